The third-order valence-corrected chi connectivity index (χ3v) is 3.49. The second-order valence-corrected chi connectivity index (χ2v) is 5.10. The standard InChI is InChI=1S/C14H16ClN3O3/c1-16-12(19)8-17-14(21)10-5-4-9(15)7-11(10)18-6-2-3-13(18)20/h4-5,7H,2-3,6,8H2,1H3,(H,16,19)(H,17,21). The van der Waals surface area contributed by atoms with Gasteiger partial charge in [0.25, 0.3) is 5.91 Å². The molecule has 2 N–H and O–H groups in total. The summed E-state index contributed by atoms with van der Waals surface area (Å²) in [7, 11) is 1.49. The maximum Gasteiger partial charge on any atom is 0.253 e. The van der Waals surface area contributed by atoms with Gasteiger partial charge in [-0.3, -0.25) is 14.4 Å². The first kappa shape index (κ1) is 15.3. The number of hydrogen-bond donors (Lipinski definition) is 2. The number of nitrogens with one attached hydrogen (secondary N) is 2. The number of halogens is 1. The van der Waals surface area contributed by atoms with Crippen molar-refractivity contribution in [3.05, 3.63) is 28.8 Å². The molecule has 0 unspecified atom stereocenters. The molecule has 0 aliphatic carbocycles. The van der Waals surface area contributed by atoms with Gasteiger partial charge in [0.1, 0.15) is 0 Å². The van der Waals surface area contributed by atoms with Crippen LogP contribution in [-0.2, 0) is 9.59 Å². The van der Waals surface area contributed by atoms with Crippen LogP contribution in [0.3, 0.4) is 0 Å². The van der Waals surface area contributed by atoms with E-state index in [1.165, 1.54) is 7.05 Å². The summed E-state index contributed by atoms with van der Waals surface area (Å²) in [4.78, 5) is 36.8. The van der Waals surface area contributed by atoms with Crippen molar-refractivity contribution in [3.63, 3.8) is 0 Å². The Kier molecular flexibility index (Phi) is 4.80. The fourth-order valence-electron chi connectivity index (χ4n) is 2.17. The molecular weight excluding hydrogens is 294 g/mol. The molecule has 21 heavy (non-hydrogen) atoms. The van der Waals surface area contributed by atoms with Gasteiger partial charge in [-0.25, -0.2) is 0 Å². The van der Waals surface area contributed by atoms with Crippen LogP contribution in [0.4, 0.5) is 5.69 Å². The third-order valence-electron chi connectivity index (χ3n) is 3.26. The number of anilines is 1. The molecule has 0 spiro atoms. The lowest BCUT2D eigenvalue weighted by Crippen LogP contribution is -2.36. The van der Waals surface area contributed by atoms with E-state index in [4.69, 9.17) is 11.6 Å². The van der Waals surface area contributed by atoms with Crippen molar-refractivity contribution >= 4 is 35.0 Å². The van der Waals surface area contributed by atoms with Crippen LogP contribution in [0.1, 0.15) is 23.2 Å². The molecule has 0 bridgehead atoms. The summed E-state index contributed by atoms with van der Waals surface area (Å²) in [6.45, 7) is 0.445. The zero-order chi connectivity index (χ0) is 15.4. The van der Waals surface area contributed by atoms with E-state index >= 15 is 0 Å². The van der Waals surface area contributed by atoms with Crippen LogP contribution in [-0.4, -0.2) is 37.9 Å². The smallest absolute Gasteiger partial charge is 0.253 e. The first-order valence-corrected chi connectivity index (χ1v) is 6.99. The zero-order valence-electron chi connectivity index (χ0n) is 11.6. The molecule has 7 heteroatoms. The van der Waals surface area contributed by atoms with Gasteiger partial charge in [-0.15, -0.1) is 0 Å². The highest BCUT2D eigenvalue weighted by molar-refractivity contribution is 6.31. The van der Waals surface area contributed by atoms with Crippen molar-refractivity contribution in [2.45, 2.75) is 12.8 Å². The lowest BCUT2D eigenvalue weighted by atomic mass is 10.1. The summed E-state index contributed by atoms with van der Waals surface area (Å²) in [5.41, 5.74) is 0.818. The number of amides is 3. The normalized spacial score (nSPS) is 14.2. The van der Waals surface area contributed by atoms with Gasteiger partial charge in [-0.2, -0.15) is 0 Å². The van der Waals surface area contributed by atoms with Gasteiger partial charge in [0, 0.05) is 25.0 Å². The van der Waals surface area contributed by atoms with E-state index < -0.39 is 5.91 Å². The van der Waals surface area contributed by atoms with E-state index in [0.717, 1.165) is 6.42 Å². The number of nitrogens with zero attached hydrogens (tertiary/aromatic N) is 1. The number of likely N-dealkylation sites (N-methyl/N-ethyl adjacent to an activating group) is 1. The van der Waals surface area contributed by atoms with Crippen molar-refractivity contribution in [1.29, 1.82) is 0 Å². The molecule has 6 nitrogen and oxygen atoms in total. The van der Waals surface area contributed by atoms with E-state index in [-0.39, 0.29) is 18.4 Å². The van der Waals surface area contributed by atoms with Gasteiger partial charge >= 0.3 is 0 Å². The van der Waals surface area contributed by atoms with Crippen LogP contribution in [0.15, 0.2) is 18.2 Å². The minimum absolute atomic E-state index is 0.0300. The van der Waals surface area contributed by atoms with Gasteiger partial charge in [0.2, 0.25) is 11.8 Å². The second kappa shape index (κ2) is 6.58. The minimum atomic E-state index is -0.412. The van der Waals surface area contributed by atoms with Crippen molar-refractivity contribution in [1.82, 2.24) is 10.6 Å². The maximum atomic E-state index is 12.2. The highest BCUT2D eigenvalue weighted by Gasteiger charge is 2.26. The third kappa shape index (κ3) is 3.52. The summed E-state index contributed by atoms with van der Waals surface area (Å²) < 4.78 is 0. The summed E-state index contributed by atoms with van der Waals surface area (Å²) in [6, 6.07) is 4.74. The van der Waals surface area contributed by atoms with Gasteiger partial charge in [0.05, 0.1) is 17.8 Å². The Labute approximate surface area is 127 Å². The molecule has 1 saturated heterocycles. The Morgan fingerprint density at radius 3 is 2.76 bits per heavy atom. The fraction of sp³-hybridized carbons (Fsp3) is 0.357. The Morgan fingerprint density at radius 2 is 2.14 bits per heavy atom. The molecule has 0 atom stereocenters. The summed E-state index contributed by atoms with van der Waals surface area (Å²) in [6.07, 6.45) is 1.22. The number of carbonyl (C=O) groups excluding carboxylic acids is 3. The molecule has 0 aromatic heterocycles. The SMILES string of the molecule is CNC(=O)CNC(=O)c1ccc(Cl)cc1N1CCCC1=O. The quantitative estimate of drug-likeness (QED) is 0.869. The average molecular weight is 310 g/mol. The Hall–Kier alpha value is -2.08. The lowest BCUT2D eigenvalue weighted by Gasteiger charge is -2.19. The zero-order valence-corrected chi connectivity index (χ0v) is 12.4. The van der Waals surface area contributed by atoms with Crippen LogP contribution in [0.2, 0.25) is 5.02 Å². The Bertz CT molecular complexity index is 589. The maximum absolute atomic E-state index is 12.2. The van der Waals surface area contributed by atoms with Crippen LogP contribution in [0.25, 0.3) is 0 Å². The Morgan fingerprint density at radius 1 is 1.38 bits per heavy atom. The molecule has 1 fully saturated rings. The lowest BCUT2D eigenvalue weighted by molar-refractivity contribution is -0.119. The summed E-state index contributed by atoms with van der Waals surface area (Å²) in [5, 5.41) is 5.39. The van der Waals surface area contributed by atoms with E-state index in [1.54, 1.807) is 23.1 Å². The number of benzene rings is 1. The molecule has 2 rings (SSSR count). The van der Waals surface area contributed by atoms with Gasteiger partial charge in [0.15, 0.2) is 0 Å². The Balaban J connectivity index is 2.24. The van der Waals surface area contributed by atoms with Crippen molar-refractivity contribution in [2.24, 2.45) is 0 Å². The number of hydrogen-bond acceptors (Lipinski definition) is 3. The van der Waals surface area contributed by atoms with Gasteiger partial charge < -0.3 is 15.5 Å². The van der Waals surface area contributed by atoms with E-state index in [0.29, 0.717) is 29.2 Å². The summed E-state index contributed by atoms with van der Waals surface area (Å²) >= 11 is 5.96. The van der Waals surface area contributed by atoms with Crippen molar-refractivity contribution < 1.29 is 14.4 Å². The highest BCUT2D eigenvalue weighted by Crippen LogP contribution is 2.28. The van der Waals surface area contributed by atoms with Gasteiger partial charge in [-0.05, 0) is 24.6 Å². The van der Waals surface area contributed by atoms with Crippen LogP contribution in [0, 0.1) is 0 Å². The number of rotatable bonds is 4. The predicted molar refractivity (Wildman–Crippen MR) is 79.4 cm³/mol. The largest absolute Gasteiger partial charge is 0.358 e. The average Bonchev–Trinajstić information content (AvgIpc) is 2.90. The van der Waals surface area contributed by atoms with Crippen LogP contribution < -0.4 is 15.5 Å². The molecule has 112 valence electrons. The minimum Gasteiger partial charge on any atom is -0.358 e. The van der Waals surface area contributed by atoms with E-state index in [2.05, 4.69) is 10.6 Å². The van der Waals surface area contributed by atoms with E-state index in [9.17, 15) is 14.4 Å². The highest BCUT2D eigenvalue weighted by atomic mass is 35.5. The first-order chi connectivity index (χ1) is 10.0. The molecule has 1 aromatic carbocycles. The molecule has 3 amide bonds. The predicted octanol–water partition coefficient (Wildman–Crippen LogP) is 0.943. The second-order valence-electron chi connectivity index (χ2n) is 4.67. The molecule has 0 saturated carbocycles. The van der Waals surface area contributed by atoms with Gasteiger partial charge in [-0.1, -0.05) is 11.6 Å². The molecule has 1 heterocycles. The monoisotopic (exact) mass is 309 g/mol. The molecular formula is C14H16ClN3O3. The summed E-state index contributed by atoms with van der Waals surface area (Å²) in [5.74, 6) is -0.737. The molecule has 1 aliphatic heterocycles. The molecule has 1 aromatic rings. The topological polar surface area (TPSA) is 78.5 Å². The first-order valence-electron chi connectivity index (χ1n) is 6.61. The van der Waals surface area contributed by atoms with Crippen molar-refractivity contribution in [2.75, 3.05) is 25.0 Å². The van der Waals surface area contributed by atoms with Crippen LogP contribution >= 0.6 is 11.6 Å². The fourth-order valence-corrected chi connectivity index (χ4v) is 2.33. The molecule has 0 radical (unpaired) electrons. The van der Waals surface area contributed by atoms with Crippen LogP contribution in [0.5, 0.6) is 0 Å². The van der Waals surface area contributed by atoms with E-state index in [1.807, 2.05) is 0 Å². The molecule has 1 aliphatic rings. The number of carbonyl (C=O) groups is 3. The van der Waals surface area contributed by atoms with Crippen molar-refractivity contribution in [3.8, 4) is 0 Å².